The highest BCUT2D eigenvalue weighted by Gasteiger charge is 2.16. The first-order valence-electron chi connectivity index (χ1n) is 6.09. The summed E-state index contributed by atoms with van der Waals surface area (Å²) < 4.78 is 52.8. The standard InChI is InChI=1S/C14H14F2N2O2S/c1-9-4-12(17)7-13(5-9)21(19,20)18-8-10-2-3-11(15)6-14(10)16/h2-7,18H,8,17H2,1H3. The lowest BCUT2D eigenvalue weighted by atomic mass is 10.2. The topological polar surface area (TPSA) is 72.2 Å². The van der Waals surface area contributed by atoms with Crippen LogP contribution in [0.3, 0.4) is 0 Å². The van der Waals surface area contributed by atoms with Gasteiger partial charge in [0.2, 0.25) is 10.0 Å². The molecule has 0 aliphatic heterocycles. The third kappa shape index (κ3) is 3.77. The zero-order chi connectivity index (χ0) is 15.6. The third-order valence-electron chi connectivity index (χ3n) is 2.85. The second-order valence-electron chi connectivity index (χ2n) is 4.64. The molecule has 0 heterocycles. The maximum absolute atomic E-state index is 13.5. The molecule has 0 spiro atoms. The van der Waals surface area contributed by atoms with Gasteiger partial charge in [-0.3, -0.25) is 0 Å². The molecule has 0 atom stereocenters. The molecule has 0 aliphatic carbocycles. The Morgan fingerprint density at radius 1 is 1.14 bits per heavy atom. The van der Waals surface area contributed by atoms with Crippen molar-refractivity contribution in [2.45, 2.75) is 18.4 Å². The summed E-state index contributed by atoms with van der Waals surface area (Å²) >= 11 is 0. The van der Waals surface area contributed by atoms with E-state index in [9.17, 15) is 17.2 Å². The second kappa shape index (κ2) is 5.79. The predicted molar refractivity (Wildman–Crippen MR) is 76.0 cm³/mol. The van der Waals surface area contributed by atoms with Gasteiger partial charge in [0, 0.05) is 23.9 Å². The number of nitrogens with one attached hydrogen (secondary N) is 1. The molecule has 7 heteroatoms. The first-order chi connectivity index (χ1) is 9.78. The first kappa shape index (κ1) is 15.4. The summed E-state index contributed by atoms with van der Waals surface area (Å²) in [4.78, 5) is 0.00233. The van der Waals surface area contributed by atoms with Crippen LogP contribution in [0.2, 0.25) is 0 Å². The molecule has 2 aromatic rings. The minimum atomic E-state index is -3.82. The van der Waals surface area contributed by atoms with Gasteiger partial charge in [0.1, 0.15) is 11.6 Å². The van der Waals surface area contributed by atoms with Crippen LogP contribution in [0.1, 0.15) is 11.1 Å². The highest BCUT2D eigenvalue weighted by molar-refractivity contribution is 7.89. The summed E-state index contributed by atoms with van der Waals surface area (Å²) in [6, 6.07) is 7.37. The molecule has 21 heavy (non-hydrogen) atoms. The van der Waals surface area contributed by atoms with Crippen LogP contribution in [0.5, 0.6) is 0 Å². The van der Waals surface area contributed by atoms with E-state index < -0.39 is 21.7 Å². The minimum absolute atomic E-state index is 0.00233. The van der Waals surface area contributed by atoms with Crippen molar-refractivity contribution in [3.8, 4) is 0 Å². The quantitative estimate of drug-likeness (QED) is 0.851. The van der Waals surface area contributed by atoms with Crippen molar-refractivity contribution in [1.29, 1.82) is 0 Å². The smallest absolute Gasteiger partial charge is 0.240 e. The Morgan fingerprint density at radius 2 is 1.86 bits per heavy atom. The monoisotopic (exact) mass is 312 g/mol. The zero-order valence-corrected chi connectivity index (χ0v) is 12.0. The molecule has 0 aromatic heterocycles. The number of rotatable bonds is 4. The number of anilines is 1. The lowest BCUT2D eigenvalue weighted by Gasteiger charge is -2.09. The fourth-order valence-corrected chi connectivity index (χ4v) is 3.00. The van der Waals surface area contributed by atoms with Gasteiger partial charge in [-0.1, -0.05) is 6.07 Å². The summed E-state index contributed by atoms with van der Waals surface area (Å²) in [6.45, 7) is 1.44. The maximum Gasteiger partial charge on any atom is 0.240 e. The number of benzene rings is 2. The van der Waals surface area contributed by atoms with E-state index in [4.69, 9.17) is 5.73 Å². The number of nitrogens with two attached hydrogens (primary N) is 1. The molecule has 0 unspecified atom stereocenters. The Labute approximate surface area is 121 Å². The summed E-state index contributed by atoms with van der Waals surface area (Å²) in [6.07, 6.45) is 0. The fraction of sp³-hybridized carbons (Fsp3) is 0.143. The van der Waals surface area contributed by atoms with Crippen LogP contribution < -0.4 is 10.5 Å². The Kier molecular flexibility index (Phi) is 4.24. The molecule has 0 fully saturated rings. The van der Waals surface area contributed by atoms with Crippen molar-refractivity contribution in [2.75, 3.05) is 5.73 Å². The molecule has 4 nitrogen and oxygen atoms in total. The largest absolute Gasteiger partial charge is 0.399 e. The van der Waals surface area contributed by atoms with Gasteiger partial charge in [0.15, 0.2) is 0 Å². The van der Waals surface area contributed by atoms with Crippen molar-refractivity contribution >= 4 is 15.7 Å². The summed E-state index contributed by atoms with van der Waals surface area (Å²) in [5, 5.41) is 0. The van der Waals surface area contributed by atoms with Crippen LogP contribution in [0.25, 0.3) is 0 Å². The molecule has 0 saturated carbocycles. The Bertz CT molecular complexity index is 756. The zero-order valence-electron chi connectivity index (χ0n) is 11.2. The molecule has 3 N–H and O–H groups in total. The van der Waals surface area contributed by atoms with Crippen molar-refractivity contribution in [1.82, 2.24) is 4.72 Å². The molecule has 0 saturated heterocycles. The molecule has 0 bridgehead atoms. The van der Waals surface area contributed by atoms with E-state index in [1.807, 2.05) is 0 Å². The highest BCUT2D eigenvalue weighted by Crippen LogP contribution is 2.17. The predicted octanol–water partition coefficient (Wildman–Crippen LogP) is 2.33. The van der Waals surface area contributed by atoms with Crippen LogP contribution in [-0.2, 0) is 16.6 Å². The normalized spacial score (nSPS) is 11.6. The van der Waals surface area contributed by atoms with Crippen LogP contribution >= 0.6 is 0 Å². The van der Waals surface area contributed by atoms with E-state index in [0.717, 1.165) is 6.07 Å². The molecule has 0 radical (unpaired) electrons. The van der Waals surface area contributed by atoms with Gasteiger partial charge < -0.3 is 5.73 Å². The van der Waals surface area contributed by atoms with Crippen molar-refractivity contribution in [2.24, 2.45) is 0 Å². The Morgan fingerprint density at radius 3 is 2.48 bits per heavy atom. The van der Waals surface area contributed by atoms with Gasteiger partial charge >= 0.3 is 0 Å². The second-order valence-corrected chi connectivity index (χ2v) is 6.41. The molecule has 2 aromatic carbocycles. The van der Waals surface area contributed by atoms with Crippen molar-refractivity contribution in [3.05, 3.63) is 59.2 Å². The number of aryl methyl sites for hydroxylation is 1. The van der Waals surface area contributed by atoms with Gasteiger partial charge in [-0.15, -0.1) is 0 Å². The third-order valence-corrected chi connectivity index (χ3v) is 4.23. The molecule has 112 valence electrons. The van der Waals surface area contributed by atoms with Crippen molar-refractivity contribution in [3.63, 3.8) is 0 Å². The van der Waals surface area contributed by atoms with Gasteiger partial charge in [0.05, 0.1) is 4.90 Å². The van der Waals surface area contributed by atoms with Gasteiger partial charge in [0.25, 0.3) is 0 Å². The van der Waals surface area contributed by atoms with E-state index in [-0.39, 0.29) is 17.0 Å². The molecular weight excluding hydrogens is 298 g/mol. The van der Waals surface area contributed by atoms with Gasteiger partial charge in [-0.25, -0.2) is 21.9 Å². The molecule has 2 rings (SSSR count). The lowest BCUT2D eigenvalue weighted by Crippen LogP contribution is -2.24. The van der Waals surface area contributed by atoms with Crippen LogP contribution in [0.15, 0.2) is 41.3 Å². The fourth-order valence-electron chi connectivity index (χ4n) is 1.85. The SMILES string of the molecule is Cc1cc(N)cc(S(=O)(=O)NCc2ccc(F)cc2F)c1. The van der Waals surface area contributed by atoms with Crippen LogP contribution in [0.4, 0.5) is 14.5 Å². The Balaban J connectivity index is 2.21. The highest BCUT2D eigenvalue weighted by atomic mass is 32.2. The van der Waals surface area contributed by atoms with Gasteiger partial charge in [-0.05, 0) is 36.8 Å². The van der Waals surface area contributed by atoms with E-state index in [1.54, 1.807) is 13.0 Å². The van der Waals surface area contributed by atoms with E-state index >= 15 is 0 Å². The molecule has 0 amide bonds. The first-order valence-corrected chi connectivity index (χ1v) is 7.57. The summed E-state index contributed by atoms with van der Waals surface area (Å²) in [7, 11) is -3.82. The van der Waals surface area contributed by atoms with E-state index in [1.165, 1.54) is 18.2 Å². The van der Waals surface area contributed by atoms with E-state index in [0.29, 0.717) is 17.3 Å². The number of halogens is 2. The lowest BCUT2D eigenvalue weighted by molar-refractivity contribution is 0.562. The summed E-state index contributed by atoms with van der Waals surface area (Å²) in [5.74, 6) is -1.52. The summed E-state index contributed by atoms with van der Waals surface area (Å²) in [5.41, 5.74) is 6.69. The van der Waals surface area contributed by atoms with Crippen LogP contribution in [0, 0.1) is 18.6 Å². The Hall–Kier alpha value is -1.99. The number of hydrogen-bond donors (Lipinski definition) is 2. The number of nitrogen functional groups attached to an aromatic ring is 1. The average molecular weight is 312 g/mol. The average Bonchev–Trinajstić information content (AvgIpc) is 2.36. The molecular formula is C14H14F2N2O2S. The van der Waals surface area contributed by atoms with Gasteiger partial charge in [-0.2, -0.15) is 0 Å². The minimum Gasteiger partial charge on any atom is -0.399 e. The van der Waals surface area contributed by atoms with E-state index in [2.05, 4.69) is 4.72 Å². The van der Waals surface area contributed by atoms with Crippen LogP contribution in [-0.4, -0.2) is 8.42 Å². The number of hydrogen-bond acceptors (Lipinski definition) is 3. The molecule has 0 aliphatic rings. The van der Waals surface area contributed by atoms with Crippen molar-refractivity contribution < 1.29 is 17.2 Å². The maximum atomic E-state index is 13.5. The number of sulfonamides is 1.